The van der Waals surface area contributed by atoms with Gasteiger partial charge in [0.15, 0.2) is 6.10 Å². The number of ether oxygens (including phenoxy) is 4. The van der Waals surface area contributed by atoms with Crippen LogP contribution in [0.4, 0.5) is 0 Å². The van der Waals surface area contributed by atoms with Crippen molar-refractivity contribution in [3.05, 3.63) is 30.3 Å². The first kappa shape index (κ1) is 16.8. The van der Waals surface area contributed by atoms with Crippen LogP contribution in [0.1, 0.15) is 20.3 Å². The molecule has 0 saturated carbocycles. The first-order chi connectivity index (χ1) is 10.6. The van der Waals surface area contributed by atoms with E-state index in [0.717, 1.165) is 25.4 Å². The van der Waals surface area contributed by atoms with Crippen LogP contribution in [0.2, 0.25) is 0 Å². The summed E-state index contributed by atoms with van der Waals surface area (Å²) in [7, 11) is 0. The zero-order valence-corrected chi connectivity index (χ0v) is 13.2. The van der Waals surface area contributed by atoms with Gasteiger partial charge in [-0.1, -0.05) is 25.1 Å². The van der Waals surface area contributed by atoms with Gasteiger partial charge in [0.1, 0.15) is 12.4 Å². The van der Waals surface area contributed by atoms with Crippen LogP contribution in [0.3, 0.4) is 0 Å². The van der Waals surface area contributed by atoms with Crippen molar-refractivity contribution in [1.29, 1.82) is 0 Å². The molecule has 5 nitrogen and oxygen atoms in total. The van der Waals surface area contributed by atoms with Gasteiger partial charge in [0.2, 0.25) is 0 Å². The van der Waals surface area contributed by atoms with E-state index in [1.54, 1.807) is 0 Å². The molecule has 1 aliphatic rings. The highest BCUT2D eigenvalue weighted by molar-refractivity contribution is 5.66. The van der Waals surface area contributed by atoms with Crippen LogP contribution in [0.25, 0.3) is 0 Å². The van der Waals surface area contributed by atoms with Gasteiger partial charge in [0.25, 0.3) is 0 Å². The smallest absolute Gasteiger partial charge is 0.303 e. The maximum absolute atomic E-state index is 11.2. The minimum Gasteiger partial charge on any atom is -0.490 e. The molecule has 1 aromatic rings. The number of esters is 1. The lowest BCUT2D eigenvalue weighted by Crippen LogP contribution is -2.46. The Morgan fingerprint density at radius 3 is 2.55 bits per heavy atom. The summed E-state index contributed by atoms with van der Waals surface area (Å²) in [6.07, 6.45) is 0.610. The molecular weight excluding hydrogens is 284 g/mol. The second-order valence-electron chi connectivity index (χ2n) is 5.72. The van der Waals surface area contributed by atoms with E-state index in [1.165, 1.54) is 6.92 Å². The SMILES string of the molecule is CCC1(COCC(COc2ccccc2)OC(C)=O)COC1. The standard InChI is InChI=1S/C17H24O5/c1-3-17(12-20-13-17)11-19-9-16(22-14(2)18)10-21-15-7-5-4-6-8-15/h4-8,16H,3,9-13H2,1-2H3. The summed E-state index contributed by atoms with van der Waals surface area (Å²) in [5, 5.41) is 0. The van der Waals surface area contributed by atoms with Crippen LogP contribution in [0, 0.1) is 5.41 Å². The second kappa shape index (κ2) is 8.15. The summed E-state index contributed by atoms with van der Waals surface area (Å²) < 4.78 is 21.9. The Kier molecular flexibility index (Phi) is 6.21. The van der Waals surface area contributed by atoms with Crippen LogP contribution >= 0.6 is 0 Å². The molecule has 0 spiro atoms. The van der Waals surface area contributed by atoms with Crippen molar-refractivity contribution in [2.75, 3.05) is 33.0 Å². The third kappa shape index (κ3) is 5.00. The quantitative estimate of drug-likeness (QED) is 0.656. The number of rotatable bonds is 9. The number of benzene rings is 1. The third-order valence-corrected chi connectivity index (χ3v) is 3.79. The highest BCUT2D eigenvalue weighted by Crippen LogP contribution is 2.31. The summed E-state index contributed by atoms with van der Waals surface area (Å²) in [6.45, 7) is 6.22. The van der Waals surface area contributed by atoms with Gasteiger partial charge in [-0.05, 0) is 18.6 Å². The summed E-state index contributed by atoms with van der Waals surface area (Å²) in [5.41, 5.74) is 0.126. The molecule has 0 aromatic heterocycles. The van der Waals surface area contributed by atoms with E-state index >= 15 is 0 Å². The Hall–Kier alpha value is -1.59. The average Bonchev–Trinajstić information content (AvgIpc) is 2.48. The Bertz CT molecular complexity index is 450. The molecule has 0 aliphatic carbocycles. The van der Waals surface area contributed by atoms with Crippen molar-refractivity contribution < 1.29 is 23.7 Å². The van der Waals surface area contributed by atoms with Gasteiger partial charge in [-0.25, -0.2) is 0 Å². The lowest BCUT2D eigenvalue weighted by molar-refractivity contribution is -0.166. The highest BCUT2D eigenvalue weighted by Gasteiger charge is 2.37. The number of para-hydroxylation sites is 1. The Labute approximate surface area is 131 Å². The molecule has 1 aliphatic heterocycles. The van der Waals surface area contributed by atoms with Crippen LogP contribution in [-0.2, 0) is 19.0 Å². The molecule has 2 rings (SSSR count). The van der Waals surface area contributed by atoms with E-state index in [1.807, 2.05) is 30.3 Å². The summed E-state index contributed by atoms with van der Waals surface area (Å²) in [4.78, 5) is 11.2. The molecule has 5 heteroatoms. The predicted molar refractivity (Wildman–Crippen MR) is 81.9 cm³/mol. The lowest BCUT2D eigenvalue weighted by atomic mass is 9.84. The number of carbonyl (C=O) groups is 1. The zero-order valence-electron chi connectivity index (χ0n) is 13.2. The molecule has 0 bridgehead atoms. The van der Waals surface area contributed by atoms with Crippen LogP contribution in [-0.4, -0.2) is 45.1 Å². The monoisotopic (exact) mass is 308 g/mol. The molecule has 1 aromatic carbocycles. The molecule has 1 heterocycles. The van der Waals surface area contributed by atoms with Gasteiger partial charge in [-0.2, -0.15) is 0 Å². The van der Waals surface area contributed by atoms with Crippen LogP contribution in [0.15, 0.2) is 30.3 Å². The molecule has 1 fully saturated rings. The van der Waals surface area contributed by atoms with E-state index in [4.69, 9.17) is 18.9 Å². The zero-order chi connectivity index (χ0) is 15.8. The van der Waals surface area contributed by atoms with Crippen LogP contribution in [0.5, 0.6) is 5.75 Å². The molecule has 122 valence electrons. The summed E-state index contributed by atoms with van der Waals surface area (Å²) in [6, 6.07) is 9.44. The highest BCUT2D eigenvalue weighted by atomic mass is 16.6. The van der Waals surface area contributed by atoms with Gasteiger partial charge >= 0.3 is 5.97 Å². The minimum atomic E-state index is -0.410. The van der Waals surface area contributed by atoms with E-state index in [2.05, 4.69) is 6.92 Å². The van der Waals surface area contributed by atoms with Gasteiger partial charge in [0.05, 0.1) is 26.4 Å². The van der Waals surface area contributed by atoms with Crippen molar-refractivity contribution in [2.45, 2.75) is 26.4 Å². The molecule has 0 radical (unpaired) electrons. The molecule has 1 saturated heterocycles. The van der Waals surface area contributed by atoms with Crippen LogP contribution < -0.4 is 4.74 Å². The molecular formula is C17H24O5. The topological polar surface area (TPSA) is 54.0 Å². The van der Waals surface area contributed by atoms with E-state index in [0.29, 0.717) is 13.2 Å². The van der Waals surface area contributed by atoms with Crippen molar-refractivity contribution >= 4 is 5.97 Å². The average molecular weight is 308 g/mol. The van der Waals surface area contributed by atoms with E-state index < -0.39 is 6.10 Å². The number of hydrogen-bond acceptors (Lipinski definition) is 5. The van der Waals surface area contributed by atoms with Gasteiger partial charge in [0, 0.05) is 12.3 Å². The molecule has 0 N–H and O–H groups in total. The molecule has 1 atom stereocenters. The predicted octanol–water partition coefficient (Wildman–Crippen LogP) is 2.44. The number of hydrogen-bond donors (Lipinski definition) is 0. The van der Waals surface area contributed by atoms with E-state index in [-0.39, 0.29) is 18.0 Å². The number of carbonyl (C=O) groups excluding carboxylic acids is 1. The fourth-order valence-corrected chi connectivity index (χ4v) is 2.24. The van der Waals surface area contributed by atoms with Gasteiger partial charge in [-0.3, -0.25) is 4.79 Å². The Morgan fingerprint density at radius 1 is 1.27 bits per heavy atom. The largest absolute Gasteiger partial charge is 0.490 e. The fraction of sp³-hybridized carbons (Fsp3) is 0.588. The Morgan fingerprint density at radius 2 is 2.00 bits per heavy atom. The normalized spacial score (nSPS) is 17.4. The third-order valence-electron chi connectivity index (χ3n) is 3.79. The van der Waals surface area contributed by atoms with Crippen molar-refractivity contribution in [3.63, 3.8) is 0 Å². The summed E-state index contributed by atoms with van der Waals surface area (Å²) in [5.74, 6) is 0.416. The van der Waals surface area contributed by atoms with Gasteiger partial charge < -0.3 is 18.9 Å². The van der Waals surface area contributed by atoms with Crippen molar-refractivity contribution in [1.82, 2.24) is 0 Å². The second-order valence-corrected chi connectivity index (χ2v) is 5.72. The first-order valence-corrected chi connectivity index (χ1v) is 7.64. The Balaban J connectivity index is 1.77. The first-order valence-electron chi connectivity index (χ1n) is 7.64. The van der Waals surface area contributed by atoms with E-state index in [9.17, 15) is 4.79 Å². The lowest BCUT2D eigenvalue weighted by Gasteiger charge is -2.40. The molecule has 0 amide bonds. The summed E-state index contributed by atoms with van der Waals surface area (Å²) >= 11 is 0. The maximum atomic E-state index is 11.2. The van der Waals surface area contributed by atoms with Crippen molar-refractivity contribution in [2.24, 2.45) is 5.41 Å². The maximum Gasteiger partial charge on any atom is 0.303 e. The van der Waals surface area contributed by atoms with Crippen molar-refractivity contribution in [3.8, 4) is 5.75 Å². The minimum absolute atomic E-state index is 0.126. The molecule has 1 unspecified atom stereocenters. The van der Waals surface area contributed by atoms with Gasteiger partial charge in [-0.15, -0.1) is 0 Å². The molecule has 22 heavy (non-hydrogen) atoms. The fourth-order valence-electron chi connectivity index (χ4n) is 2.24.